The number of hydrogen-bond acceptors (Lipinski definition) is 5. The Morgan fingerprint density at radius 1 is 1.12 bits per heavy atom. The number of carbonyl (C=O) groups excluding carboxylic acids is 1. The number of hydrogen-bond donors (Lipinski definition) is 0. The Labute approximate surface area is 148 Å². The van der Waals surface area contributed by atoms with Crippen molar-refractivity contribution in [3.8, 4) is 5.88 Å². The Morgan fingerprint density at radius 3 is 2.50 bits per heavy atom. The molecule has 0 saturated heterocycles. The molecule has 8 heteroatoms. The van der Waals surface area contributed by atoms with E-state index in [1.807, 2.05) is 18.2 Å². The molecule has 3 aromatic rings. The summed E-state index contributed by atoms with van der Waals surface area (Å²) in [6.07, 6.45) is 0.834. The largest absolute Gasteiger partial charge is 0.446 e. The molecule has 0 aliphatic rings. The van der Waals surface area contributed by atoms with Crippen LogP contribution in [0, 0.1) is 0 Å². The van der Waals surface area contributed by atoms with Crippen molar-refractivity contribution in [2.24, 2.45) is 7.05 Å². The van der Waals surface area contributed by atoms with Crippen LogP contribution in [0.5, 0.6) is 5.88 Å². The van der Waals surface area contributed by atoms with Crippen LogP contribution in [0.3, 0.4) is 0 Å². The fourth-order valence-corrected chi connectivity index (χ4v) is 2.38. The predicted molar refractivity (Wildman–Crippen MR) is 87.8 cm³/mol. The van der Waals surface area contributed by atoms with Gasteiger partial charge >= 0.3 is 12.6 Å². The van der Waals surface area contributed by atoms with Crippen LogP contribution in [0.15, 0.2) is 60.8 Å². The average molecular weight is 359 g/mol. The van der Waals surface area contributed by atoms with Gasteiger partial charge in [0.1, 0.15) is 0 Å². The highest BCUT2D eigenvalue weighted by molar-refractivity contribution is 5.88. The van der Waals surface area contributed by atoms with Crippen LogP contribution < -0.4 is 4.74 Å². The van der Waals surface area contributed by atoms with Gasteiger partial charge in [0.05, 0.1) is 5.69 Å². The number of pyridine rings is 1. The quantitative estimate of drug-likeness (QED) is 0.632. The van der Waals surface area contributed by atoms with Crippen molar-refractivity contribution in [2.45, 2.75) is 12.7 Å². The molecule has 0 unspecified atom stereocenters. The van der Waals surface area contributed by atoms with Gasteiger partial charge in [0, 0.05) is 19.3 Å². The highest BCUT2D eigenvalue weighted by Gasteiger charge is 2.24. The Balaban J connectivity index is 1.86. The molecule has 26 heavy (non-hydrogen) atoms. The zero-order valence-corrected chi connectivity index (χ0v) is 13.8. The van der Waals surface area contributed by atoms with Gasteiger partial charge in [-0.15, -0.1) is 0 Å². The first kappa shape index (κ1) is 17.5. The molecule has 134 valence electrons. The highest BCUT2D eigenvalue weighted by atomic mass is 19.3. The van der Waals surface area contributed by atoms with E-state index in [0.29, 0.717) is 5.69 Å². The molecule has 0 fully saturated rings. The molecule has 0 spiro atoms. The van der Waals surface area contributed by atoms with Crippen LogP contribution in [-0.4, -0.2) is 27.3 Å². The fraction of sp³-hybridized carbons (Fsp3) is 0.167. The molecular weight excluding hydrogens is 344 g/mol. The van der Waals surface area contributed by atoms with Crippen molar-refractivity contribution >= 4 is 5.97 Å². The van der Waals surface area contributed by atoms with Gasteiger partial charge in [-0.05, 0) is 17.7 Å². The molecule has 0 aliphatic heterocycles. The third kappa shape index (κ3) is 4.02. The summed E-state index contributed by atoms with van der Waals surface area (Å²) in [6, 6.07) is 15.4. The van der Waals surface area contributed by atoms with Gasteiger partial charge in [-0.25, -0.2) is 9.48 Å². The van der Waals surface area contributed by atoms with E-state index < -0.39 is 18.7 Å². The lowest BCUT2D eigenvalue weighted by Gasteiger charge is -2.17. The van der Waals surface area contributed by atoms with Gasteiger partial charge in [-0.1, -0.05) is 36.4 Å². The first-order chi connectivity index (χ1) is 12.5. The number of esters is 1. The van der Waals surface area contributed by atoms with E-state index >= 15 is 0 Å². The van der Waals surface area contributed by atoms with Crippen LogP contribution in [0.2, 0.25) is 0 Å². The van der Waals surface area contributed by atoms with E-state index in [1.165, 1.54) is 7.05 Å². The Kier molecular flexibility index (Phi) is 5.21. The molecule has 1 aromatic carbocycles. The number of halogens is 2. The second kappa shape index (κ2) is 7.73. The molecule has 2 aromatic heterocycles. The molecule has 1 atom stereocenters. The average Bonchev–Trinajstić information content (AvgIpc) is 3.01. The van der Waals surface area contributed by atoms with Crippen LogP contribution in [0.25, 0.3) is 0 Å². The van der Waals surface area contributed by atoms with Gasteiger partial charge in [-0.2, -0.15) is 13.9 Å². The molecule has 6 nitrogen and oxygen atoms in total. The summed E-state index contributed by atoms with van der Waals surface area (Å²) in [5.41, 5.74) is 1.12. The van der Waals surface area contributed by atoms with Crippen molar-refractivity contribution in [2.75, 3.05) is 0 Å². The molecule has 3 rings (SSSR count). The normalized spacial score (nSPS) is 12.0. The van der Waals surface area contributed by atoms with E-state index in [9.17, 15) is 13.6 Å². The number of ether oxygens (including phenoxy) is 2. The van der Waals surface area contributed by atoms with Gasteiger partial charge in [-0.3, -0.25) is 4.98 Å². The number of rotatable bonds is 6. The van der Waals surface area contributed by atoms with Crippen LogP contribution in [0.4, 0.5) is 8.78 Å². The third-order valence-corrected chi connectivity index (χ3v) is 3.54. The Hall–Kier alpha value is -3.29. The van der Waals surface area contributed by atoms with Gasteiger partial charge in [0.25, 0.3) is 0 Å². The SMILES string of the molecule is Cn1nc(C(=O)O[C@H](c2ccccc2)c2ccccn2)cc1OC(F)F. The van der Waals surface area contributed by atoms with E-state index in [4.69, 9.17) is 4.74 Å². The second-order valence-corrected chi connectivity index (χ2v) is 5.32. The molecule has 0 radical (unpaired) electrons. The smallest absolute Gasteiger partial charge is 0.388 e. The zero-order valence-electron chi connectivity index (χ0n) is 13.8. The number of carbonyl (C=O) groups is 1. The van der Waals surface area contributed by atoms with E-state index in [0.717, 1.165) is 16.3 Å². The van der Waals surface area contributed by atoms with Crippen molar-refractivity contribution in [1.29, 1.82) is 0 Å². The molecule has 0 saturated carbocycles. The van der Waals surface area contributed by atoms with Crippen molar-refractivity contribution in [3.63, 3.8) is 0 Å². The maximum Gasteiger partial charge on any atom is 0.388 e. The molecule has 0 bridgehead atoms. The Morgan fingerprint density at radius 2 is 1.85 bits per heavy atom. The number of nitrogens with zero attached hydrogens (tertiary/aromatic N) is 3. The lowest BCUT2D eigenvalue weighted by Crippen LogP contribution is -2.14. The van der Waals surface area contributed by atoms with Crippen LogP contribution in [0.1, 0.15) is 27.8 Å². The minimum Gasteiger partial charge on any atom is -0.446 e. The van der Waals surface area contributed by atoms with Crippen molar-refractivity contribution < 1.29 is 23.0 Å². The Bertz CT molecular complexity index is 830. The molecule has 2 heterocycles. The standard InChI is InChI=1S/C18H15F2N3O3/c1-23-15(25-18(19)20)11-14(22-23)17(24)26-16(12-7-3-2-4-8-12)13-9-5-6-10-21-13/h2-11,16,18H,1H3/t16-/m1/s1. The predicted octanol–water partition coefficient (Wildman–Crippen LogP) is 3.36. The minimum atomic E-state index is -3.01. The molecular formula is C18H15F2N3O3. The minimum absolute atomic E-state index is 0.139. The summed E-state index contributed by atoms with van der Waals surface area (Å²) in [6.45, 7) is -3.01. The number of alkyl halides is 2. The zero-order chi connectivity index (χ0) is 18.5. The van der Waals surface area contributed by atoms with Gasteiger partial charge in [0.15, 0.2) is 11.8 Å². The lowest BCUT2D eigenvalue weighted by molar-refractivity contribution is -0.0553. The summed E-state index contributed by atoms with van der Waals surface area (Å²) in [7, 11) is 1.39. The maximum absolute atomic E-state index is 12.5. The fourth-order valence-electron chi connectivity index (χ4n) is 2.38. The maximum atomic E-state index is 12.5. The monoisotopic (exact) mass is 359 g/mol. The van der Waals surface area contributed by atoms with Gasteiger partial charge in [0.2, 0.25) is 5.88 Å². The second-order valence-electron chi connectivity index (χ2n) is 5.32. The third-order valence-electron chi connectivity index (χ3n) is 3.54. The summed E-state index contributed by atoms with van der Waals surface area (Å²) >= 11 is 0. The summed E-state index contributed by atoms with van der Waals surface area (Å²) in [4.78, 5) is 16.7. The number of benzene rings is 1. The summed E-state index contributed by atoms with van der Waals surface area (Å²) < 4.78 is 35.7. The summed E-state index contributed by atoms with van der Waals surface area (Å²) in [5, 5.41) is 3.87. The van der Waals surface area contributed by atoms with Crippen molar-refractivity contribution in [3.05, 3.63) is 77.7 Å². The van der Waals surface area contributed by atoms with Crippen LogP contribution >= 0.6 is 0 Å². The number of aromatic nitrogens is 3. The highest BCUT2D eigenvalue weighted by Crippen LogP contribution is 2.26. The summed E-state index contributed by atoms with van der Waals surface area (Å²) in [5.74, 6) is -1.01. The first-order valence-electron chi connectivity index (χ1n) is 7.70. The first-order valence-corrected chi connectivity index (χ1v) is 7.70. The topological polar surface area (TPSA) is 66.2 Å². The lowest BCUT2D eigenvalue weighted by atomic mass is 10.1. The van der Waals surface area contributed by atoms with Crippen LogP contribution in [-0.2, 0) is 11.8 Å². The van der Waals surface area contributed by atoms with E-state index in [1.54, 1.807) is 36.5 Å². The van der Waals surface area contributed by atoms with E-state index in [-0.39, 0.29) is 11.6 Å². The number of aryl methyl sites for hydroxylation is 1. The molecule has 0 amide bonds. The molecule has 0 aliphatic carbocycles. The molecule has 0 N–H and O–H groups in total. The van der Waals surface area contributed by atoms with E-state index in [2.05, 4.69) is 14.8 Å². The van der Waals surface area contributed by atoms with Crippen molar-refractivity contribution in [1.82, 2.24) is 14.8 Å². The van der Waals surface area contributed by atoms with Gasteiger partial charge < -0.3 is 9.47 Å².